The molecule has 104 valence electrons. The average molecular weight is 403 g/mol. The van der Waals surface area contributed by atoms with Gasteiger partial charge in [0.15, 0.2) is 0 Å². The number of hydrogen-bond donors (Lipinski definition) is 1. The quantitative estimate of drug-likeness (QED) is 0.612. The first-order valence-electron chi connectivity index (χ1n) is 5.86. The third-order valence-electron chi connectivity index (χ3n) is 2.58. The predicted molar refractivity (Wildman–Crippen MR) is 87.0 cm³/mol. The van der Waals surface area contributed by atoms with E-state index < -0.39 is 6.09 Å². The van der Waals surface area contributed by atoms with Gasteiger partial charge in [0.25, 0.3) is 0 Å². The summed E-state index contributed by atoms with van der Waals surface area (Å²) in [6, 6.07) is 11.2. The molecule has 0 spiro atoms. The first-order chi connectivity index (χ1) is 9.56. The van der Waals surface area contributed by atoms with E-state index in [9.17, 15) is 4.79 Å². The highest BCUT2D eigenvalue weighted by Crippen LogP contribution is 2.24. The van der Waals surface area contributed by atoms with Crippen LogP contribution in [0.4, 0.5) is 10.5 Å². The van der Waals surface area contributed by atoms with Crippen LogP contribution in [0.2, 0.25) is 5.15 Å². The van der Waals surface area contributed by atoms with E-state index in [1.165, 1.54) is 0 Å². The van der Waals surface area contributed by atoms with Crippen LogP contribution in [0.3, 0.4) is 0 Å². The van der Waals surface area contributed by atoms with E-state index in [1.807, 2.05) is 59.8 Å². The third kappa shape index (κ3) is 4.08. The summed E-state index contributed by atoms with van der Waals surface area (Å²) in [7, 11) is 0. The fraction of sp³-hybridized carbons (Fsp3) is 0.143. The molecule has 0 radical (unpaired) electrons. The number of carbonyl (C=O) groups is 1. The Bertz CT molecular complexity index is 597. The summed E-state index contributed by atoms with van der Waals surface area (Å²) in [5.74, 6) is 0. The molecule has 2 aromatic rings. The Morgan fingerprint density at radius 2 is 2.10 bits per heavy atom. The Morgan fingerprint density at radius 1 is 1.40 bits per heavy atom. The largest absolute Gasteiger partial charge is 0.444 e. The Labute approximate surface area is 135 Å². The zero-order chi connectivity index (χ0) is 14.5. The molecule has 0 aliphatic carbocycles. The number of pyridine rings is 1. The highest BCUT2D eigenvalue weighted by atomic mass is 127. The van der Waals surface area contributed by atoms with E-state index >= 15 is 0 Å². The number of benzene rings is 1. The topological polar surface area (TPSA) is 51.2 Å². The molecule has 0 aliphatic rings. The van der Waals surface area contributed by atoms with Crippen LogP contribution in [0, 0.1) is 10.6 Å². The number of rotatable bonds is 3. The molecule has 20 heavy (non-hydrogen) atoms. The normalized spacial score (nSPS) is 10.2. The lowest BCUT2D eigenvalue weighted by Gasteiger charge is -2.11. The number of amides is 1. The first-order valence-corrected chi connectivity index (χ1v) is 7.32. The van der Waals surface area contributed by atoms with E-state index in [0.717, 1.165) is 11.1 Å². The second-order valence-corrected chi connectivity index (χ2v) is 5.52. The summed E-state index contributed by atoms with van der Waals surface area (Å²) in [6.45, 7) is 2.08. The van der Waals surface area contributed by atoms with Crippen molar-refractivity contribution in [1.29, 1.82) is 0 Å². The number of aryl methyl sites for hydroxylation is 1. The molecule has 1 aromatic heterocycles. The SMILES string of the molecule is Cc1cc(Cl)nc(I)c1NC(=O)OCc1ccccc1. The number of nitrogens with one attached hydrogen (secondary N) is 1. The van der Waals surface area contributed by atoms with E-state index in [4.69, 9.17) is 16.3 Å². The molecule has 4 nitrogen and oxygen atoms in total. The van der Waals surface area contributed by atoms with Crippen molar-refractivity contribution in [2.75, 3.05) is 5.32 Å². The molecule has 1 amide bonds. The number of carbonyl (C=O) groups excluding carboxylic acids is 1. The van der Waals surface area contributed by atoms with Crippen molar-refractivity contribution in [3.63, 3.8) is 0 Å². The van der Waals surface area contributed by atoms with Crippen molar-refractivity contribution in [3.05, 3.63) is 56.4 Å². The second kappa shape index (κ2) is 6.90. The number of ether oxygens (including phenoxy) is 1. The molecular formula is C14H12ClIN2O2. The van der Waals surface area contributed by atoms with Crippen LogP contribution in [0.1, 0.15) is 11.1 Å². The number of anilines is 1. The lowest BCUT2D eigenvalue weighted by Crippen LogP contribution is -2.15. The van der Waals surface area contributed by atoms with E-state index in [0.29, 0.717) is 14.5 Å². The van der Waals surface area contributed by atoms with Gasteiger partial charge in [-0.25, -0.2) is 9.78 Å². The van der Waals surface area contributed by atoms with Gasteiger partial charge in [0, 0.05) is 0 Å². The van der Waals surface area contributed by atoms with Gasteiger partial charge in [-0.15, -0.1) is 0 Å². The molecule has 0 atom stereocenters. The highest BCUT2D eigenvalue weighted by Gasteiger charge is 2.11. The third-order valence-corrected chi connectivity index (χ3v) is 3.56. The van der Waals surface area contributed by atoms with E-state index in [2.05, 4.69) is 10.3 Å². The highest BCUT2D eigenvalue weighted by molar-refractivity contribution is 14.1. The van der Waals surface area contributed by atoms with Gasteiger partial charge in [0.05, 0.1) is 5.69 Å². The van der Waals surface area contributed by atoms with Gasteiger partial charge in [-0.05, 0) is 46.7 Å². The molecule has 6 heteroatoms. The number of aromatic nitrogens is 1. The lowest BCUT2D eigenvalue weighted by molar-refractivity contribution is 0.155. The van der Waals surface area contributed by atoms with Crippen molar-refractivity contribution in [2.45, 2.75) is 13.5 Å². The number of hydrogen-bond acceptors (Lipinski definition) is 3. The van der Waals surface area contributed by atoms with Gasteiger partial charge in [0.2, 0.25) is 0 Å². The summed E-state index contributed by atoms with van der Waals surface area (Å²) >= 11 is 7.86. The molecule has 0 saturated heterocycles. The number of nitrogens with zero attached hydrogens (tertiary/aromatic N) is 1. The van der Waals surface area contributed by atoms with Crippen molar-refractivity contribution >= 4 is 46.0 Å². The summed E-state index contributed by atoms with van der Waals surface area (Å²) in [5.41, 5.74) is 2.39. The van der Waals surface area contributed by atoms with Crippen molar-refractivity contribution in [2.24, 2.45) is 0 Å². The van der Waals surface area contributed by atoms with Crippen LogP contribution in [-0.2, 0) is 11.3 Å². The van der Waals surface area contributed by atoms with Gasteiger partial charge in [0.1, 0.15) is 15.5 Å². The molecule has 0 aliphatic heterocycles. The summed E-state index contributed by atoms with van der Waals surface area (Å²) in [6.07, 6.45) is -0.515. The molecule has 1 aromatic carbocycles. The van der Waals surface area contributed by atoms with Gasteiger partial charge < -0.3 is 4.74 Å². The smallest absolute Gasteiger partial charge is 0.412 e. The monoisotopic (exact) mass is 402 g/mol. The standard InChI is InChI=1S/C14H12ClIN2O2/c1-9-7-11(15)17-13(16)12(9)18-14(19)20-8-10-5-3-2-4-6-10/h2-7H,8H2,1H3,(H,18,19). The maximum atomic E-state index is 11.8. The fourth-order valence-corrected chi connectivity index (χ4v) is 2.82. The van der Waals surface area contributed by atoms with Crippen molar-refractivity contribution in [1.82, 2.24) is 4.98 Å². The molecule has 0 fully saturated rings. The van der Waals surface area contributed by atoms with Crippen LogP contribution in [-0.4, -0.2) is 11.1 Å². The molecule has 0 saturated carbocycles. The molecule has 1 N–H and O–H groups in total. The van der Waals surface area contributed by atoms with Gasteiger partial charge in [-0.3, -0.25) is 5.32 Å². The lowest BCUT2D eigenvalue weighted by atomic mass is 10.2. The zero-order valence-corrected chi connectivity index (χ0v) is 13.6. The molecule has 2 rings (SSSR count). The van der Waals surface area contributed by atoms with Crippen LogP contribution >= 0.6 is 34.2 Å². The maximum absolute atomic E-state index is 11.8. The van der Waals surface area contributed by atoms with Crippen LogP contribution in [0.25, 0.3) is 0 Å². The summed E-state index contributed by atoms with van der Waals surface area (Å²) < 4.78 is 5.79. The average Bonchev–Trinajstić information content (AvgIpc) is 2.42. The van der Waals surface area contributed by atoms with E-state index in [-0.39, 0.29) is 6.61 Å². The van der Waals surface area contributed by atoms with Crippen molar-refractivity contribution < 1.29 is 9.53 Å². The first kappa shape index (κ1) is 15.1. The number of halogens is 2. The van der Waals surface area contributed by atoms with Gasteiger partial charge >= 0.3 is 6.09 Å². The van der Waals surface area contributed by atoms with Gasteiger partial charge in [-0.2, -0.15) is 0 Å². The minimum atomic E-state index is -0.515. The predicted octanol–water partition coefficient (Wildman–Crippen LogP) is 4.40. The Hall–Kier alpha value is -1.34. The molecule has 0 unspecified atom stereocenters. The second-order valence-electron chi connectivity index (χ2n) is 4.11. The maximum Gasteiger partial charge on any atom is 0.412 e. The van der Waals surface area contributed by atoms with Crippen LogP contribution < -0.4 is 5.32 Å². The minimum absolute atomic E-state index is 0.226. The van der Waals surface area contributed by atoms with Gasteiger partial charge in [-0.1, -0.05) is 41.9 Å². The fourth-order valence-electron chi connectivity index (χ4n) is 1.61. The zero-order valence-electron chi connectivity index (χ0n) is 10.7. The molecular weight excluding hydrogens is 391 g/mol. The molecule has 0 bridgehead atoms. The Kier molecular flexibility index (Phi) is 5.19. The Morgan fingerprint density at radius 3 is 2.75 bits per heavy atom. The molecule has 1 heterocycles. The van der Waals surface area contributed by atoms with Crippen LogP contribution in [0.5, 0.6) is 0 Å². The van der Waals surface area contributed by atoms with Crippen molar-refractivity contribution in [3.8, 4) is 0 Å². The Balaban J connectivity index is 1.98. The summed E-state index contributed by atoms with van der Waals surface area (Å²) in [4.78, 5) is 15.9. The van der Waals surface area contributed by atoms with E-state index in [1.54, 1.807) is 6.07 Å². The summed E-state index contributed by atoms with van der Waals surface area (Å²) in [5, 5.41) is 3.08. The minimum Gasteiger partial charge on any atom is -0.444 e. The van der Waals surface area contributed by atoms with Crippen LogP contribution in [0.15, 0.2) is 36.4 Å².